The number of hydrogen-bond acceptors (Lipinski definition) is 3. The third-order valence-corrected chi connectivity index (χ3v) is 3.90. The average molecular weight is 310 g/mol. The van der Waals surface area contributed by atoms with Crippen molar-refractivity contribution in [3.05, 3.63) is 53.6 Å². The van der Waals surface area contributed by atoms with Crippen LogP contribution in [0.15, 0.2) is 42.5 Å². The Bertz CT molecular complexity index is 716. The maximum atomic E-state index is 12.1. The Morgan fingerprint density at radius 1 is 1.13 bits per heavy atom. The Hall–Kier alpha value is -2.31. The average Bonchev–Trinajstić information content (AvgIpc) is 2.89. The highest BCUT2D eigenvalue weighted by atomic mass is 16.5. The van der Waals surface area contributed by atoms with Gasteiger partial charge < -0.3 is 20.3 Å². The fourth-order valence-corrected chi connectivity index (χ4v) is 2.54. The number of carbonyl (C=O) groups is 1. The minimum absolute atomic E-state index is 0.323. The molecule has 0 fully saturated rings. The molecule has 0 spiro atoms. The van der Waals surface area contributed by atoms with E-state index in [-0.39, 0.29) is 6.03 Å². The summed E-state index contributed by atoms with van der Waals surface area (Å²) in [5.41, 5.74) is 4.21. The van der Waals surface area contributed by atoms with Gasteiger partial charge in [0.25, 0.3) is 0 Å². The number of benzene rings is 2. The molecule has 0 radical (unpaired) electrons. The Kier molecular flexibility index (Phi) is 4.36. The first kappa shape index (κ1) is 15.6. The second-order valence-electron chi connectivity index (χ2n) is 5.93. The molecule has 2 aromatic rings. The fraction of sp³-hybridized carbons (Fsp3) is 0.235. The van der Waals surface area contributed by atoms with E-state index in [4.69, 9.17) is 4.65 Å². The largest absolute Gasteiger partial charge is 0.491 e. The summed E-state index contributed by atoms with van der Waals surface area (Å²) in [4.78, 5) is 12.1. The Morgan fingerprint density at radius 3 is 2.48 bits per heavy atom. The summed E-state index contributed by atoms with van der Waals surface area (Å²) in [6, 6.07) is 12.8. The van der Waals surface area contributed by atoms with Gasteiger partial charge in [0, 0.05) is 11.4 Å². The number of hydrogen-bond donors (Lipinski definition) is 3. The molecular formula is C17H19BN2O3. The van der Waals surface area contributed by atoms with Gasteiger partial charge in [-0.1, -0.05) is 32.0 Å². The van der Waals surface area contributed by atoms with Gasteiger partial charge in [0.15, 0.2) is 0 Å². The van der Waals surface area contributed by atoms with Gasteiger partial charge in [0.05, 0.1) is 6.61 Å². The third kappa shape index (κ3) is 3.55. The lowest BCUT2D eigenvalue weighted by Crippen LogP contribution is -2.29. The van der Waals surface area contributed by atoms with Gasteiger partial charge >= 0.3 is 13.1 Å². The molecular weight excluding hydrogens is 291 g/mol. The van der Waals surface area contributed by atoms with Crippen LogP contribution < -0.4 is 16.1 Å². The molecule has 3 N–H and O–H groups in total. The van der Waals surface area contributed by atoms with Crippen molar-refractivity contribution in [1.82, 2.24) is 0 Å². The van der Waals surface area contributed by atoms with E-state index in [0.29, 0.717) is 23.7 Å². The van der Waals surface area contributed by atoms with Crippen LogP contribution >= 0.6 is 0 Å². The van der Waals surface area contributed by atoms with Crippen molar-refractivity contribution >= 4 is 30.0 Å². The number of nitrogens with one attached hydrogen (secondary N) is 2. The quantitative estimate of drug-likeness (QED) is 0.763. The second kappa shape index (κ2) is 6.44. The number of rotatable bonds is 3. The molecule has 0 unspecified atom stereocenters. The molecule has 5 nitrogen and oxygen atoms in total. The minimum atomic E-state index is -0.918. The lowest BCUT2D eigenvalue weighted by atomic mass is 9.79. The van der Waals surface area contributed by atoms with Crippen LogP contribution in [0.2, 0.25) is 0 Å². The summed E-state index contributed by atoms with van der Waals surface area (Å²) >= 11 is 0. The van der Waals surface area contributed by atoms with Crippen molar-refractivity contribution in [1.29, 1.82) is 0 Å². The zero-order valence-electron chi connectivity index (χ0n) is 13.2. The molecule has 2 aromatic carbocycles. The fourth-order valence-electron chi connectivity index (χ4n) is 2.54. The molecule has 1 aliphatic rings. The third-order valence-electron chi connectivity index (χ3n) is 3.90. The van der Waals surface area contributed by atoms with Gasteiger partial charge in [-0.15, -0.1) is 0 Å². The van der Waals surface area contributed by atoms with Crippen LogP contribution in [-0.4, -0.2) is 18.2 Å². The van der Waals surface area contributed by atoms with E-state index in [1.807, 2.05) is 30.3 Å². The van der Waals surface area contributed by atoms with Gasteiger partial charge in [-0.2, -0.15) is 0 Å². The first-order valence-corrected chi connectivity index (χ1v) is 7.63. The molecule has 0 saturated heterocycles. The van der Waals surface area contributed by atoms with Crippen LogP contribution in [0, 0.1) is 0 Å². The van der Waals surface area contributed by atoms with Gasteiger partial charge in [-0.3, -0.25) is 0 Å². The summed E-state index contributed by atoms with van der Waals surface area (Å²) in [5.74, 6) is 0.456. The zero-order chi connectivity index (χ0) is 16.4. The standard InChI is InChI=1S/C17H19BN2O3/c1-11(2)12-3-6-14(7-4-12)19-17(21)20-15-8-5-13-10-23-18(22)16(13)9-15/h3-9,11,22H,10H2,1-2H3,(H2,19,20,21). The van der Waals surface area contributed by atoms with E-state index in [0.717, 1.165) is 11.3 Å². The van der Waals surface area contributed by atoms with Gasteiger partial charge in [-0.05, 0) is 46.8 Å². The molecule has 0 bridgehead atoms. The van der Waals surface area contributed by atoms with Crippen LogP contribution in [0.3, 0.4) is 0 Å². The number of amides is 2. The number of urea groups is 1. The molecule has 23 heavy (non-hydrogen) atoms. The van der Waals surface area contributed by atoms with E-state index in [1.165, 1.54) is 5.56 Å². The SMILES string of the molecule is CC(C)c1ccc(NC(=O)Nc2ccc3c(c2)B(O)OC3)cc1. The first-order chi connectivity index (χ1) is 11.0. The topological polar surface area (TPSA) is 70.6 Å². The molecule has 3 rings (SSSR count). The maximum absolute atomic E-state index is 12.1. The zero-order valence-corrected chi connectivity index (χ0v) is 13.2. The summed E-state index contributed by atoms with van der Waals surface area (Å²) in [6.45, 7) is 4.65. The van der Waals surface area contributed by atoms with E-state index in [2.05, 4.69) is 24.5 Å². The maximum Gasteiger partial charge on any atom is 0.491 e. The molecule has 1 aliphatic heterocycles. The summed E-state index contributed by atoms with van der Waals surface area (Å²) < 4.78 is 5.14. The Labute approximate surface area is 135 Å². The first-order valence-electron chi connectivity index (χ1n) is 7.63. The van der Waals surface area contributed by atoms with Crippen LogP contribution in [0.1, 0.15) is 30.9 Å². The smallest absolute Gasteiger partial charge is 0.423 e. The molecule has 0 aliphatic carbocycles. The molecule has 0 aromatic heterocycles. The van der Waals surface area contributed by atoms with Crippen LogP contribution in [0.5, 0.6) is 0 Å². The van der Waals surface area contributed by atoms with E-state index in [9.17, 15) is 9.82 Å². The number of carbonyl (C=O) groups excluding carboxylic acids is 1. The molecule has 0 saturated carbocycles. The molecule has 0 atom stereocenters. The monoisotopic (exact) mass is 310 g/mol. The van der Waals surface area contributed by atoms with Gasteiger partial charge in [-0.25, -0.2) is 4.79 Å². The van der Waals surface area contributed by atoms with Crippen molar-refractivity contribution in [3.63, 3.8) is 0 Å². The number of anilines is 2. The highest BCUT2D eigenvalue weighted by molar-refractivity contribution is 6.61. The lowest BCUT2D eigenvalue weighted by Gasteiger charge is -2.10. The van der Waals surface area contributed by atoms with Crippen molar-refractivity contribution < 1.29 is 14.5 Å². The Balaban J connectivity index is 1.64. The van der Waals surface area contributed by atoms with Crippen molar-refractivity contribution in [3.8, 4) is 0 Å². The second-order valence-corrected chi connectivity index (χ2v) is 5.93. The predicted molar refractivity (Wildman–Crippen MR) is 92.0 cm³/mol. The summed E-state index contributed by atoms with van der Waals surface area (Å²) in [7, 11) is -0.918. The van der Waals surface area contributed by atoms with Crippen molar-refractivity contribution in [2.75, 3.05) is 10.6 Å². The van der Waals surface area contributed by atoms with Gasteiger partial charge in [0.2, 0.25) is 0 Å². The van der Waals surface area contributed by atoms with Crippen LogP contribution in [0.4, 0.5) is 16.2 Å². The lowest BCUT2D eigenvalue weighted by molar-refractivity contribution is 0.262. The van der Waals surface area contributed by atoms with Crippen LogP contribution in [-0.2, 0) is 11.3 Å². The molecule has 1 heterocycles. The highest BCUT2D eigenvalue weighted by Gasteiger charge is 2.27. The molecule has 118 valence electrons. The van der Waals surface area contributed by atoms with Crippen molar-refractivity contribution in [2.45, 2.75) is 26.4 Å². The summed E-state index contributed by atoms with van der Waals surface area (Å²) in [5, 5.41) is 15.2. The molecule has 2 amide bonds. The Morgan fingerprint density at radius 2 is 1.78 bits per heavy atom. The normalized spacial score (nSPS) is 13.1. The van der Waals surface area contributed by atoms with Gasteiger partial charge in [0.1, 0.15) is 0 Å². The molecule has 6 heteroatoms. The van der Waals surface area contributed by atoms with E-state index in [1.54, 1.807) is 12.1 Å². The summed E-state index contributed by atoms with van der Waals surface area (Å²) in [6.07, 6.45) is 0. The van der Waals surface area contributed by atoms with E-state index >= 15 is 0 Å². The predicted octanol–water partition coefficient (Wildman–Crippen LogP) is 2.67. The van der Waals surface area contributed by atoms with E-state index < -0.39 is 7.12 Å². The highest BCUT2D eigenvalue weighted by Crippen LogP contribution is 2.18. The van der Waals surface area contributed by atoms with Crippen molar-refractivity contribution in [2.24, 2.45) is 0 Å². The van der Waals surface area contributed by atoms with Crippen LogP contribution in [0.25, 0.3) is 0 Å². The minimum Gasteiger partial charge on any atom is -0.423 e. The number of fused-ring (bicyclic) bond motifs is 1.